The van der Waals surface area contributed by atoms with Crippen LogP contribution in [0.15, 0.2) is 12.5 Å². The van der Waals surface area contributed by atoms with E-state index in [-0.39, 0.29) is 16.9 Å². The SMILES string of the molecule is C[C@H](O)[C@H]1O[C@@H](n2cc(F)c3c(N)ncnc32)[C@](C)(F)[C@@H]1O. The van der Waals surface area contributed by atoms with Crippen LogP contribution in [0.4, 0.5) is 14.6 Å². The first-order chi connectivity index (χ1) is 10.2. The zero-order chi connectivity index (χ0) is 16.2. The van der Waals surface area contributed by atoms with Gasteiger partial charge < -0.3 is 20.7 Å². The molecule has 0 amide bonds. The van der Waals surface area contributed by atoms with Crippen LogP contribution in [0.5, 0.6) is 0 Å². The van der Waals surface area contributed by atoms with E-state index in [9.17, 15) is 19.0 Å². The van der Waals surface area contributed by atoms with Crippen molar-refractivity contribution in [3.05, 3.63) is 18.3 Å². The van der Waals surface area contributed by atoms with Crippen molar-refractivity contribution in [3.8, 4) is 0 Å². The molecule has 4 N–H and O–H groups in total. The summed E-state index contributed by atoms with van der Waals surface area (Å²) in [5, 5.41) is 19.6. The van der Waals surface area contributed by atoms with Crippen LogP contribution < -0.4 is 5.73 Å². The van der Waals surface area contributed by atoms with Crippen LogP contribution in [0, 0.1) is 5.82 Å². The van der Waals surface area contributed by atoms with Gasteiger partial charge in [-0.25, -0.2) is 18.7 Å². The minimum atomic E-state index is -2.25. The number of nitrogens with two attached hydrogens (primary N) is 1. The summed E-state index contributed by atoms with van der Waals surface area (Å²) in [5.41, 5.74) is 3.41. The first kappa shape index (κ1) is 15.1. The second kappa shape index (κ2) is 4.83. The minimum absolute atomic E-state index is 0.0445. The highest BCUT2D eigenvalue weighted by Crippen LogP contribution is 2.44. The highest BCUT2D eigenvalue weighted by Gasteiger charge is 2.56. The zero-order valence-electron chi connectivity index (χ0n) is 11.9. The topological polar surface area (TPSA) is 106 Å². The van der Waals surface area contributed by atoms with E-state index in [0.717, 1.165) is 24.0 Å². The summed E-state index contributed by atoms with van der Waals surface area (Å²) >= 11 is 0. The van der Waals surface area contributed by atoms with Crippen LogP contribution in [0.3, 0.4) is 0 Å². The number of halogens is 2. The number of hydrogen-bond donors (Lipinski definition) is 3. The number of nitrogen functional groups attached to an aromatic ring is 1. The molecule has 9 heteroatoms. The highest BCUT2D eigenvalue weighted by molar-refractivity contribution is 5.86. The number of fused-ring (bicyclic) bond motifs is 1. The van der Waals surface area contributed by atoms with E-state index in [2.05, 4.69) is 9.97 Å². The number of alkyl halides is 1. The maximum atomic E-state index is 14.9. The highest BCUT2D eigenvalue weighted by atomic mass is 19.1. The number of hydrogen-bond acceptors (Lipinski definition) is 6. The molecule has 0 bridgehead atoms. The first-order valence-corrected chi connectivity index (χ1v) is 6.72. The molecule has 2 aromatic rings. The standard InChI is InChI=1S/C13H16F2N4O3/c1-5(20)8-9(21)13(2,15)12(22-8)19-3-6(14)7-10(16)17-4-18-11(7)19/h3-5,8-9,12,20-21H,1-2H3,(H2,16,17,18)/t5-,8+,9+,12+,13+/m0/s1. The lowest BCUT2D eigenvalue weighted by molar-refractivity contribution is -0.0795. The van der Waals surface area contributed by atoms with E-state index in [1.165, 1.54) is 6.92 Å². The zero-order valence-corrected chi connectivity index (χ0v) is 11.9. The van der Waals surface area contributed by atoms with Gasteiger partial charge in [0.1, 0.15) is 24.4 Å². The average molecular weight is 314 g/mol. The molecule has 1 saturated heterocycles. The number of nitrogens with zero attached hydrogens (tertiary/aromatic N) is 3. The van der Waals surface area contributed by atoms with Gasteiger partial charge in [-0.3, -0.25) is 4.57 Å². The Hall–Kier alpha value is -1.84. The Balaban J connectivity index is 2.14. The molecule has 3 heterocycles. The molecule has 0 aromatic carbocycles. The van der Waals surface area contributed by atoms with Gasteiger partial charge in [0.2, 0.25) is 0 Å². The Morgan fingerprint density at radius 1 is 1.50 bits per heavy atom. The second-order valence-electron chi connectivity index (χ2n) is 5.63. The fourth-order valence-corrected chi connectivity index (χ4v) is 2.78. The van der Waals surface area contributed by atoms with Gasteiger partial charge in [-0.2, -0.15) is 0 Å². The van der Waals surface area contributed by atoms with Crippen LogP contribution in [-0.2, 0) is 4.74 Å². The van der Waals surface area contributed by atoms with Crippen LogP contribution >= 0.6 is 0 Å². The summed E-state index contributed by atoms with van der Waals surface area (Å²) in [6, 6.07) is 0. The molecule has 1 aliphatic rings. The van der Waals surface area contributed by atoms with Crippen molar-refractivity contribution in [2.75, 3.05) is 5.73 Å². The third kappa shape index (κ3) is 1.97. The molecule has 0 aliphatic carbocycles. The molecule has 0 radical (unpaired) electrons. The van der Waals surface area contributed by atoms with Crippen molar-refractivity contribution < 1.29 is 23.7 Å². The molecular formula is C13H16F2N4O3. The lowest BCUT2D eigenvalue weighted by Crippen LogP contribution is -2.42. The van der Waals surface area contributed by atoms with E-state index < -0.39 is 36.0 Å². The van der Waals surface area contributed by atoms with Gasteiger partial charge in [-0.05, 0) is 13.8 Å². The molecule has 2 aromatic heterocycles. The summed E-state index contributed by atoms with van der Waals surface area (Å²) in [4.78, 5) is 7.60. The summed E-state index contributed by atoms with van der Waals surface area (Å²) < 4.78 is 35.5. The van der Waals surface area contributed by atoms with E-state index in [0.29, 0.717) is 0 Å². The summed E-state index contributed by atoms with van der Waals surface area (Å²) in [6.45, 7) is 2.50. The monoisotopic (exact) mass is 314 g/mol. The lowest BCUT2D eigenvalue weighted by atomic mass is 9.96. The Labute approximate surface area is 124 Å². The van der Waals surface area contributed by atoms with Crippen molar-refractivity contribution in [3.63, 3.8) is 0 Å². The number of aliphatic hydroxyl groups excluding tert-OH is 2. The smallest absolute Gasteiger partial charge is 0.181 e. The number of rotatable bonds is 2. The molecule has 0 unspecified atom stereocenters. The van der Waals surface area contributed by atoms with Crippen molar-refractivity contribution in [2.45, 2.75) is 44.1 Å². The van der Waals surface area contributed by atoms with Gasteiger partial charge >= 0.3 is 0 Å². The third-order valence-electron chi connectivity index (χ3n) is 3.98. The maximum absolute atomic E-state index is 14.9. The van der Waals surface area contributed by atoms with Crippen LogP contribution in [-0.4, -0.2) is 48.7 Å². The number of ether oxygens (including phenoxy) is 1. The molecule has 0 saturated carbocycles. The van der Waals surface area contributed by atoms with Crippen molar-refractivity contribution >= 4 is 16.9 Å². The minimum Gasteiger partial charge on any atom is -0.391 e. The van der Waals surface area contributed by atoms with Gasteiger partial charge in [-0.15, -0.1) is 0 Å². The van der Waals surface area contributed by atoms with Gasteiger partial charge in [0.25, 0.3) is 0 Å². The molecule has 7 nitrogen and oxygen atoms in total. The molecule has 1 fully saturated rings. The molecule has 5 atom stereocenters. The number of aliphatic hydroxyl groups is 2. The van der Waals surface area contributed by atoms with E-state index >= 15 is 0 Å². The maximum Gasteiger partial charge on any atom is 0.181 e. The van der Waals surface area contributed by atoms with E-state index in [1.54, 1.807) is 0 Å². The average Bonchev–Trinajstić information content (AvgIpc) is 2.87. The summed E-state index contributed by atoms with van der Waals surface area (Å²) in [6.07, 6.45) is -3.04. The Morgan fingerprint density at radius 3 is 2.77 bits per heavy atom. The normalized spacial score (nSPS) is 33.5. The Morgan fingerprint density at radius 2 is 2.18 bits per heavy atom. The van der Waals surface area contributed by atoms with Crippen molar-refractivity contribution in [1.82, 2.24) is 14.5 Å². The Kier molecular flexibility index (Phi) is 3.31. The first-order valence-electron chi connectivity index (χ1n) is 6.72. The lowest BCUT2D eigenvalue weighted by Gasteiger charge is -2.25. The van der Waals surface area contributed by atoms with E-state index in [1.807, 2.05) is 0 Å². The van der Waals surface area contributed by atoms with Crippen molar-refractivity contribution in [2.24, 2.45) is 0 Å². The number of aromatic nitrogens is 3. The predicted molar refractivity (Wildman–Crippen MR) is 73.0 cm³/mol. The fourth-order valence-electron chi connectivity index (χ4n) is 2.78. The predicted octanol–water partition coefficient (Wildman–Crippen LogP) is 0.520. The van der Waals surface area contributed by atoms with Crippen LogP contribution in [0.2, 0.25) is 0 Å². The Bertz CT molecular complexity index is 719. The van der Waals surface area contributed by atoms with Crippen LogP contribution in [0.25, 0.3) is 11.0 Å². The van der Waals surface area contributed by atoms with Gasteiger partial charge in [0.05, 0.1) is 11.5 Å². The molecule has 120 valence electrons. The largest absolute Gasteiger partial charge is 0.391 e. The molecule has 3 rings (SSSR count). The third-order valence-corrected chi connectivity index (χ3v) is 3.98. The van der Waals surface area contributed by atoms with Gasteiger partial charge in [0, 0.05) is 6.20 Å². The summed E-state index contributed by atoms with van der Waals surface area (Å²) in [5.74, 6) is -0.796. The van der Waals surface area contributed by atoms with Crippen molar-refractivity contribution in [1.29, 1.82) is 0 Å². The van der Waals surface area contributed by atoms with Gasteiger partial charge in [-0.1, -0.05) is 0 Å². The summed E-state index contributed by atoms with van der Waals surface area (Å²) in [7, 11) is 0. The second-order valence-corrected chi connectivity index (χ2v) is 5.63. The van der Waals surface area contributed by atoms with E-state index in [4.69, 9.17) is 10.5 Å². The quantitative estimate of drug-likeness (QED) is 0.746. The molecule has 22 heavy (non-hydrogen) atoms. The molecule has 1 aliphatic heterocycles. The number of anilines is 1. The van der Waals surface area contributed by atoms with Crippen LogP contribution in [0.1, 0.15) is 20.1 Å². The molecule has 0 spiro atoms. The molecular weight excluding hydrogens is 298 g/mol. The van der Waals surface area contributed by atoms with Gasteiger partial charge in [0.15, 0.2) is 23.4 Å². The fraction of sp³-hybridized carbons (Fsp3) is 0.538.